The van der Waals surface area contributed by atoms with Crippen LogP contribution in [0.1, 0.15) is 231 Å². The molecule has 0 aliphatic carbocycles. The molecule has 0 spiro atoms. The molecular weight excluding hydrogens is 971 g/mol. The summed E-state index contributed by atoms with van der Waals surface area (Å²) in [6.07, 6.45) is 32.7. The number of unbranched alkanes of at least 4 members (excludes halogenated alkanes) is 14. The molecule has 4 rings (SSSR count). The van der Waals surface area contributed by atoms with Crippen molar-refractivity contribution in [2.24, 2.45) is 9.98 Å². The molecule has 0 aromatic heterocycles. The number of phenolic OH excluding ortho intramolecular Hbond substituents is 2. The number of carbonyl (C=O) groups is 2. The van der Waals surface area contributed by atoms with Gasteiger partial charge in [-0.25, -0.2) is 14.6 Å². The van der Waals surface area contributed by atoms with Crippen LogP contribution in [-0.4, -0.2) is 43.8 Å². The summed E-state index contributed by atoms with van der Waals surface area (Å²) in [5.41, 5.74) is 10.1. The summed E-state index contributed by atoms with van der Waals surface area (Å²) < 4.78 is 0. The van der Waals surface area contributed by atoms with E-state index in [9.17, 15) is 19.8 Å². The van der Waals surface area contributed by atoms with Gasteiger partial charge in [-0.1, -0.05) is 181 Å². The van der Waals surface area contributed by atoms with Crippen molar-refractivity contribution >= 4 is 34.7 Å². The van der Waals surface area contributed by atoms with E-state index in [2.05, 4.69) is 90.1 Å². The first-order valence-corrected chi connectivity index (χ1v) is 27.8. The van der Waals surface area contributed by atoms with Gasteiger partial charge in [0.2, 0.25) is 0 Å². The normalized spacial score (nSPS) is 11.4. The Kier molecular flexibility index (Phi) is 35.2. The molecule has 4 N–H and O–H groups in total. The molecule has 0 heterocycles. The van der Waals surface area contributed by atoms with Crippen LogP contribution in [0, 0.1) is 0 Å². The monoisotopic (exact) mass is 1060 g/mol. The van der Waals surface area contributed by atoms with Gasteiger partial charge in [0, 0.05) is 0 Å². The maximum atomic E-state index is 11.4. The number of allylic oxidation sites excluding steroid dienone is 2. The maximum Gasteiger partial charge on any atom is 2.00 e. The minimum Gasteiger partial charge on any atom is -0.869 e. The Hall–Kier alpha value is -5.41. The summed E-state index contributed by atoms with van der Waals surface area (Å²) >= 11 is 0. The van der Waals surface area contributed by atoms with Gasteiger partial charge in [0.15, 0.2) is 0 Å². The third-order valence-corrected chi connectivity index (χ3v) is 13.0. The molecular formula is C63H90N2NiO8. The van der Waals surface area contributed by atoms with Gasteiger partial charge in [0.05, 0.1) is 33.9 Å². The Balaban J connectivity index is 0.000000713. The fourth-order valence-electron chi connectivity index (χ4n) is 8.50. The van der Waals surface area contributed by atoms with Crippen molar-refractivity contribution in [2.75, 3.05) is 0 Å². The van der Waals surface area contributed by atoms with E-state index >= 15 is 0 Å². The third kappa shape index (κ3) is 24.8. The van der Waals surface area contributed by atoms with E-state index in [0.29, 0.717) is 24.0 Å². The Morgan fingerprint density at radius 1 is 0.486 bits per heavy atom. The van der Waals surface area contributed by atoms with Gasteiger partial charge >= 0.3 is 28.4 Å². The van der Waals surface area contributed by atoms with Gasteiger partial charge in [-0.3, -0.25) is 4.99 Å². The van der Waals surface area contributed by atoms with Crippen molar-refractivity contribution in [3.05, 3.63) is 117 Å². The largest absolute Gasteiger partial charge is 2.00 e. The van der Waals surface area contributed by atoms with Crippen molar-refractivity contribution in [3.8, 4) is 23.0 Å². The van der Waals surface area contributed by atoms with Crippen LogP contribution < -0.4 is 10.2 Å². The summed E-state index contributed by atoms with van der Waals surface area (Å²) in [6, 6.07) is 19.2. The Labute approximate surface area is 455 Å². The summed E-state index contributed by atoms with van der Waals surface area (Å²) in [7, 11) is 0. The van der Waals surface area contributed by atoms with Crippen molar-refractivity contribution in [3.63, 3.8) is 0 Å². The second-order valence-electron chi connectivity index (χ2n) is 19.0. The van der Waals surface area contributed by atoms with Crippen LogP contribution in [-0.2, 0) is 55.0 Å². The molecule has 11 heteroatoms. The first kappa shape index (κ1) is 66.6. The summed E-state index contributed by atoms with van der Waals surface area (Å²) in [6.45, 7) is 17.5. The number of hydrogen-bond donors (Lipinski definition) is 4. The predicted octanol–water partition coefficient (Wildman–Crippen LogP) is 16.2. The molecule has 0 atom stereocenters. The topological polar surface area (TPSA) is 186 Å². The number of rotatable bonds is 31. The van der Waals surface area contributed by atoms with E-state index in [1.54, 1.807) is 0 Å². The molecule has 0 saturated carbocycles. The van der Waals surface area contributed by atoms with Crippen molar-refractivity contribution < 1.29 is 56.7 Å². The van der Waals surface area contributed by atoms with Crippen LogP contribution in [0.25, 0.3) is 0 Å². The van der Waals surface area contributed by atoms with Crippen molar-refractivity contribution in [1.29, 1.82) is 0 Å². The standard InChI is InChI=1S/C41H64N2.2C11H14O4.Ni/c1-7-13-15-16-17-18-19-20-21-22-23-25-27-41(43-39-32-36(11-5)29-37(12-6)33-39)40(26-24-14-8-2)42-38-30-34(9-3)28-35(10-4)31-38;2*1-2-3-4-7-5-6-8(12)10(13)9(7)11(14)15;/h25,27-33H,7-24,26H2,1-6H3;2*5-6,12-13H,2-4H2,1H3,(H,14,15);/q;;;+2/p-2. The van der Waals surface area contributed by atoms with Crippen LogP contribution in [0.5, 0.6) is 23.0 Å². The molecule has 410 valence electrons. The quantitative estimate of drug-likeness (QED) is 0.0218. The van der Waals surface area contributed by atoms with Crippen LogP contribution in [0.15, 0.2) is 82.8 Å². The van der Waals surface area contributed by atoms with E-state index < -0.39 is 34.9 Å². The van der Waals surface area contributed by atoms with Crippen LogP contribution in [0.4, 0.5) is 11.4 Å². The number of phenols is 2. The van der Waals surface area contributed by atoms with Crippen molar-refractivity contribution in [2.45, 2.75) is 216 Å². The van der Waals surface area contributed by atoms with E-state index in [1.807, 2.05) is 13.8 Å². The first-order chi connectivity index (χ1) is 35.2. The zero-order chi connectivity index (χ0) is 54.0. The Morgan fingerprint density at radius 2 is 0.851 bits per heavy atom. The fraction of sp³-hybridized carbons (Fsp3) is 0.524. The Bertz CT molecular complexity index is 2240. The molecule has 0 saturated heterocycles. The number of benzene rings is 4. The number of carboxylic acid groups (broad SMARTS) is 2. The zero-order valence-corrected chi connectivity index (χ0v) is 47.2. The minimum atomic E-state index is -1.28. The molecule has 10 nitrogen and oxygen atoms in total. The first-order valence-electron chi connectivity index (χ1n) is 27.8. The van der Waals surface area contributed by atoms with Gasteiger partial charge in [0.25, 0.3) is 0 Å². The smallest absolute Gasteiger partial charge is 0.869 e. The molecule has 0 fully saturated rings. The van der Waals surface area contributed by atoms with Crippen molar-refractivity contribution in [1.82, 2.24) is 0 Å². The van der Waals surface area contributed by atoms with Gasteiger partial charge in [-0.15, -0.1) is 0 Å². The SMILES string of the molecule is CCCCCCCCCCCCC=CC(=Nc1cc(CC)cc(CC)c1)C(CCCCC)=Nc1cc(CC)cc(CC)c1.CCCCc1ccc(O)c([O-])c1C(=O)O.CCCCc1ccc(O)c([O-])c1C(=O)O.[Ni+2]. The zero-order valence-electron chi connectivity index (χ0n) is 46.2. The number of carboxylic acids is 2. The maximum absolute atomic E-state index is 11.4. The molecule has 74 heavy (non-hydrogen) atoms. The van der Waals surface area contributed by atoms with E-state index in [1.165, 1.54) is 124 Å². The average Bonchev–Trinajstić information content (AvgIpc) is 3.38. The van der Waals surface area contributed by atoms with Crippen LogP contribution in [0.3, 0.4) is 0 Å². The van der Waals surface area contributed by atoms with Gasteiger partial charge < -0.3 is 30.6 Å². The summed E-state index contributed by atoms with van der Waals surface area (Å²) in [5.74, 6) is -5.16. The number of aromatic hydroxyl groups is 2. The molecule has 0 aliphatic rings. The molecule has 0 amide bonds. The number of nitrogens with zero attached hydrogens (tertiary/aromatic N) is 2. The van der Waals surface area contributed by atoms with Crippen LogP contribution in [0.2, 0.25) is 0 Å². The summed E-state index contributed by atoms with van der Waals surface area (Å²) in [4.78, 5) is 32.4. The molecule has 0 aliphatic heterocycles. The predicted molar refractivity (Wildman–Crippen MR) is 301 cm³/mol. The molecule has 0 bridgehead atoms. The Morgan fingerprint density at radius 3 is 1.23 bits per heavy atom. The van der Waals surface area contributed by atoms with Gasteiger partial charge in [-0.05, 0) is 153 Å². The molecule has 4 aromatic rings. The van der Waals surface area contributed by atoms with Gasteiger partial charge in [-0.2, -0.15) is 0 Å². The summed E-state index contributed by atoms with van der Waals surface area (Å²) in [5, 5.41) is 58.7. The van der Waals surface area contributed by atoms with E-state index in [-0.39, 0.29) is 27.6 Å². The van der Waals surface area contributed by atoms with Crippen LogP contribution >= 0.6 is 0 Å². The number of aliphatic imine (C=N–C) groups is 2. The number of aromatic carboxylic acids is 2. The van der Waals surface area contributed by atoms with Gasteiger partial charge in [0.1, 0.15) is 11.5 Å². The number of hydrogen-bond acceptors (Lipinski definition) is 8. The minimum absolute atomic E-state index is 0. The van der Waals surface area contributed by atoms with E-state index in [4.69, 9.17) is 30.4 Å². The fourth-order valence-corrected chi connectivity index (χ4v) is 8.50. The number of aryl methyl sites for hydroxylation is 6. The molecule has 4 aromatic carbocycles. The second-order valence-corrected chi connectivity index (χ2v) is 19.0. The molecule has 0 radical (unpaired) electrons. The van der Waals surface area contributed by atoms with E-state index in [0.717, 1.165) is 93.4 Å². The second kappa shape index (κ2) is 39.1. The average molecular weight is 1060 g/mol. The molecule has 0 unspecified atom stereocenters. The third-order valence-electron chi connectivity index (χ3n) is 13.0.